The number of carbonyl (C=O) groups excluding carboxylic acids is 1. The molecule has 3 heterocycles. The molecule has 0 bridgehead atoms. The summed E-state index contributed by atoms with van der Waals surface area (Å²) in [5, 5.41) is 2.54. The minimum atomic E-state index is 0.00259. The Bertz CT molecular complexity index is 837. The first-order valence-electron chi connectivity index (χ1n) is 7.36. The molecule has 4 rings (SSSR count). The highest BCUT2D eigenvalue weighted by atomic mass is 32.1. The van der Waals surface area contributed by atoms with Gasteiger partial charge in [0.15, 0.2) is 0 Å². The lowest BCUT2D eigenvalue weighted by Gasteiger charge is -2.16. The first-order chi connectivity index (χ1) is 11.3. The fourth-order valence-electron chi connectivity index (χ4n) is 2.70. The predicted octanol–water partition coefficient (Wildman–Crippen LogP) is 2.38. The Morgan fingerprint density at radius 3 is 2.87 bits per heavy atom. The van der Waals surface area contributed by atoms with Gasteiger partial charge in [-0.05, 0) is 18.2 Å². The molecule has 0 saturated carbocycles. The number of aromatic nitrogens is 3. The van der Waals surface area contributed by atoms with E-state index >= 15 is 0 Å². The Hall–Kier alpha value is -2.54. The molecule has 3 aromatic rings. The van der Waals surface area contributed by atoms with Crippen LogP contribution in [-0.2, 0) is 0 Å². The number of hydrogen-bond donors (Lipinski definition) is 0. The monoisotopic (exact) mass is 326 g/mol. The van der Waals surface area contributed by atoms with Crippen LogP contribution in [0.2, 0.25) is 0 Å². The number of fused-ring (bicyclic) bond motifs is 1. The Morgan fingerprint density at radius 2 is 2.04 bits per heavy atom. The lowest BCUT2D eigenvalue weighted by molar-refractivity contribution is 0.0772. The van der Waals surface area contributed by atoms with Crippen LogP contribution in [0, 0.1) is 0 Å². The molecule has 0 radical (unpaired) electrons. The fraction of sp³-hybridized carbons (Fsp3) is 0.250. The van der Waals surface area contributed by atoms with Gasteiger partial charge in [0.25, 0.3) is 11.1 Å². The van der Waals surface area contributed by atoms with Gasteiger partial charge >= 0.3 is 0 Å². The van der Waals surface area contributed by atoms with Gasteiger partial charge in [-0.25, -0.2) is 4.98 Å². The van der Waals surface area contributed by atoms with Gasteiger partial charge in [-0.2, -0.15) is 0 Å². The third kappa shape index (κ3) is 2.87. The molecule has 2 aromatic heterocycles. The van der Waals surface area contributed by atoms with Crippen LogP contribution in [0.15, 0.2) is 42.2 Å². The molecule has 1 amide bonds. The second kappa shape index (κ2) is 5.92. The van der Waals surface area contributed by atoms with Crippen molar-refractivity contribution in [3.8, 4) is 5.19 Å². The summed E-state index contributed by atoms with van der Waals surface area (Å²) >= 11 is 1.47. The molecule has 0 aliphatic carbocycles. The fourth-order valence-corrected chi connectivity index (χ4v) is 3.25. The van der Waals surface area contributed by atoms with Crippen molar-refractivity contribution in [2.24, 2.45) is 0 Å². The van der Waals surface area contributed by atoms with Crippen molar-refractivity contribution in [2.45, 2.75) is 12.5 Å². The maximum Gasteiger partial charge on any atom is 0.273 e. The maximum atomic E-state index is 12.6. The summed E-state index contributed by atoms with van der Waals surface area (Å²) in [6.07, 6.45) is 5.81. The molecule has 116 valence electrons. The van der Waals surface area contributed by atoms with Crippen LogP contribution < -0.4 is 4.74 Å². The number of hydrogen-bond acceptors (Lipinski definition) is 6. The summed E-state index contributed by atoms with van der Waals surface area (Å²) in [4.78, 5) is 27.1. The molecule has 1 fully saturated rings. The van der Waals surface area contributed by atoms with Crippen LogP contribution in [-0.4, -0.2) is 45.0 Å². The van der Waals surface area contributed by atoms with E-state index in [1.54, 1.807) is 30.7 Å². The van der Waals surface area contributed by atoms with E-state index in [0.717, 1.165) is 17.5 Å². The SMILES string of the molecule is O=C(c1ccc2nccnc2c1)N1CC[C@H](Oc2nccs2)C1. The quantitative estimate of drug-likeness (QED) is 0.739. The predicted molar refractivity (Wildman–Crippen MR) is 86.6 cm³/mol. The summed E-state index contributed by atoms with van der Waals surface area (Å²) in [5.74, 6) is 0.00259. The highest BCUT2D eigenvalue weighted by molar-refractivity contribution is 7.11. The standard InChI is InChI=1S/C16H14N4O2S/c21-15(11-1-2-13-14(9-11)18-5-4-17-13)20-7-3-12(10-20)22-16-19-6-8-23-16/h1-2,4-6,8-9,12H,3,7,10H2/t12-/m0/s1. The summed E-state index contributed by atoms with van der Waals surface area (Å²) in [6.45, 7) is 1.27. The van der Waals surface area contributed by atoms with Crippen molar-refractivity contribution in [3.63, 3.8) is 0 Å². The Balaban J connectivity index is 1.48. The third-order valence-electron chi connectivity index (χ3n) is 3.83. The average Bonchev–Trinajstić information content (AvgIpc) is 3.26. The van der Waals surface area contributed by atoms with Gasteiger partial charge in [-0.15, -0.1) is 0 Å². The lowest BCUT2D eigenvalue weighted by atomic mass is 10.1. The highest BCUT2D eigenvalue weighted by Gasteiger charge is 2.28. The van der Waals surface area contributed by atoms with Gasteiger partial charge in [-0.3, -0.25) is 14.8 Å². The van der Waals surface area contributed by atoms with Gasteiger partial charge < -0.3 is 9.64 Å². The van der Waals surface area contributed by atoms with E-state index in [4.69, 9.17) is 4.74 Å². The van der Waals surface area contributed by atoms with Crippen molar-refractivity contribution < 1.29 is 9.53 Å². The smallest absolute Gasteiger partial charge is 0.273 e. The van der Waals surface area contributed by atoms with Gasteiger partial charge in [0.05, 0.1) is 17.6 Å². The number of nitrogens with zero attached hydrogens (tertiary/aromatic N) is 4. The molecule has 7 heteroatoms. The summed E-state index contributed by atoms with van der Waals surface area (Å²) in [7, 11) is 0. The van der Waals surface area contributed by atoms with E-state index in [1.807, 2.05) is 16.3 Å². The number of ether oxygens (including phenoxy) is 1. The summed E-state index contributed by atoms with van der Waals surface area (Å²) in [5.41, 5.74) is 2.15. The second-order valence-electron chi connectivity index (χ2n) is 5.34. The van der Waals surface area contributed by atoms with Crippen LogP contribution in [0.5, 0.6) is 5.19 Å². The van der Waals surface area contributed by atoms with Gasteiger partial charge in [0.1, 0.15) is 6.10 Å². The van der Waals surface area contributed by atoms with Crippen LogP contribution in [0.3, 0.4) is 0 Å². The number of thiazole rings is 1. The maximum absolute atomic E-state index is 12.6. The van der Waals surface area contributed by atoms with E-state index < -0.39 is 0 Å². The number of amides is 1. The van der Waals surface area contributed by atoms with Crippen molar-refractivity contribution >= 4 is 28.3 Å². The van der Waals surface area contributed by atoms with Crippen molar-refractivity contribution in [3.05, 3.63) is 47.7 Å². The first kappa shape index (κ1) is 14.1. The average molecular weight is 326 g/mol. The molecule has 0 N–H and O–H groups in total. The zero-order chi connectivity index (χ0) is 15.6. The molecule has 1 saturated heterocycles. The van der Waals surface area contributed by atoms with E-state index in [0.29, 0.717) is 23.8 Å². The van der Waals surface area contributed by atoms with Crippen molar-refractivity contribution in [1.29, 1.82) is 0 Å². The van der Waals surface area contributed by atoms with E-state index in [9.17, 15) is 4.79 Å². The molecular weight excluding hydrogens is 312 g/mol. The Morgan fingerprint density at radius 1 is 1.17 bits per heavy atom. The minimum Gasteiger partial charge on any atom is -0.465 e. The van der Waals surface area contributed by atoms with Crippen LogP contribution in [0.1, 0.15) is 16.8 Å². The van der Waals surface area contributed by atoms with Crippen LogP contribution in [0.25, 0.3) is 11.0 Å². The highest BCUT2D eigenvalue weighted by Crippen LogP contribution is 2.22. The molecular formula is C16H14N4O2S. The normalized spacial score (nSPS) is 17.6. The minimum absolute atomic E-state index is 0.00259. The molecule has 1 aliphatic heterocycles. The van der Waals surface area contributed by atoms with Crippen molar-refractivity contribution in [1.82, 2.24) is 19.9 Å². The Kier molecular flexibility index (Phi) is 3.63. The van der Waals surface area contributed by atoms with E-state index in [2.05, 4.69) is 15.0 Å². The largest absolute Gasteiger partial charge is 0.465 e. The number of likely N-dealkylation sites (tertiary alicyclic amines) is 1. The van der Waals surface area contributed by atoms with Crippen molar-refractivity contribution in [2.75, 3.05) is 13.1 Å². The molecule has 23 heavy (non-hydrogen) atoms. The zero-order valence-electron chi connectivity index (χ0n) is 12.3. The number of benzene rings is 1. The van der Waals surface area contributed by atoms with Crippen LogP contribution in [0.4, 0.5) is 0 Å². The van der Waals surface area contributed by atoms with E-state index in [-0.39, 0.29) is 12.0 Å². The topological polar surface area (TPSA) is 68.2 Å². The summed E-state index contributed by atoms with van der Waals surface area (Å²) in [6, 6.07) is 5.42. The van der Waals surface area contributed by atoms with Gasteiger partial charge in [-0.1, -0.05) is 11.3 Å². The molecule has 0 spiro atoms. The number of carbonyl (C=O) groups is 1. The van der Waals surface area contributed by atoms with Crippen LogP contribution >= 0.6 is 11.3 Å². The Labute approximate surface area is 136 Å². The second-order valence-corrected chi connectivity index (χ2v) is 6.19. The molecule has 1 aromatic carbocycles. The van der Waals surface area contributed by atoms with Gasteiger partial charge in [0, 0.05) is 42.5 Å². The zero-order valence-corrected chi connectivity index (χ0v) is 13.1. The molecule has 0 unspecified atom stereocenters. The van der Waals surface area contributed by atoms with Gasteiger partial charge in [0.2, 0.25) is 0 Å². The summed E-state index contributed by atoms with van der Waals surface area (Å²) < 4.78 is 5.79. The number of rotatable bonds is 3. The molecule has 6 nitrogen and oxygen atoms in total. The first-order valence-corrected chi connectivity index (χ1v) is 8.24. The molecule has 1 aliphatic rings. The lowest BCUT2D eigenvalue weighted by Crippen LogP contribution is -2.30. The van der Waals surface area contributed by atoms with E-state index in [1.165, 1.54) is 11.3 Å². The third-order valence-corrected chi connectivity index (χ3v) is 4.49. The molecule has 1 atom stereocenters.